The smallest absolute Gasteiger partial charge is 0.443 e. The summed E-state index contributed by atoms with van der Waals surface area (Å²) in [5.74, 6) is -2.27. The average Bonchev–Trinajstić information content (AvgIpc) is 2.43. The van der Waals surface area contributed by atoms with Crippen LogP contribution >= 0.6 is 7.80 Å². The predicted octanol–water partition coefficient (Wildman–Crippen LogP) is 1.18. The zero-order valence-corrected chi connectivity index (χ0v) is 13.8. The van der Waals surface area contributed by atoms with E-state index in [9.17, 15) is 24.1 Å². The number of hydroxylamine groups is 2. The number of carbonyl (C=O) groups is 3. The second-order valence-electron chi connectivity index (χ2n) is 5.41. The number of carbonyl (C=O) groups excluding carboxylic acids is 2. The molecule has 10 heteroatoms. The number of rotatable bonds is 6. The van der Waals surface area contributed by atoms with Gasteiger partial charge in [-0.3, -0.25) is 0 Å². The van der Waals surface area contributed by atoms with E-state index in [1.165, 1.54) is 20.8 Å². The fraction of sp³-hybridized carbons (Fsp3) is 0.750. The van der Waals surface area contributed by atoms with Crippen molar-refractivity contribution in [3.8, 4) is 0 Å². The van der Waals surface area contributed by atoms with Crippen LogP contribution in [0, 0.1) is 5.41 Å². The van der Waals surface area contributed by atoms with Crippen LogP contribution < -0.4 is 0 Å². The number of nitrogens with zero attached hydrogens (tertiary/aromatic N) is 1. The lowest BCUT2D eigenvalue weighted by Crippen LogP contribution is -2.48. The first kappa shape index (κ1) is 20.3. The molecule has 22 heavy (non-hydrogen) atoms. The van der Waals surface area contributed by atoms with Gasteiger partial charge < -0.3 is 19.8 Å². The molecule has 0 aromatic rings. The van der Waals surface area contributed by atoms with E-state index < -0.39 is 43.6 Å². The topological polar surface area (TPSA) is 130 Å². The van der Waals surface area contributed by atoms with Crippen LogP contribution in [0.5, 0.6) is 0 Å². The van der Waals surface area contributed by atoms with Gasteiger partial charge in [-0.25, -0.2) is 14.4 Å². The lowest BCUT2D eigenvalue weighted by molar-refractivity contribution is -0.203. The summed E-state index contributed by atoms with van der Waals surface area (Å²) in [7, 11) is -0.997. The van der Waals surface area contributed by atoms with Crippen molar-refractivity contribution in [2.45, 2.75) is 33.2 Å². The molecule has 9 nitrogen and oxygen atoms in total. The van der Waals surface area contributed by atoms with Crippen LogP contribution in [-0.4, -0.2) is 59.0 Å². The fourth-order valence-corrected chi connectivity index (χ4v) is 1.90. The minimum absolute atomic E-state index is 0.149. The molecule has 2 atom stereocenters. The molecule has 0 saturated heterocycles. The van der Waals surface area contributed by atoms with Gasteiger partial charge in [0.15, 0.2) is 12.2 Å². The lowest BCUT2D eigenvalue weighted by Gasteiger charge is -2.27. The first-order chi connectivity index (χ1) is 10.0. The van der Waals surface area contributed by atoms with E-state index >= 15 is 0 Å². The molecule has 0 spiro atoms. The third kappa shape index (κ3) is 6.36. The Balaban J connectivity index is 5.24. The summed E-state index contributed by atoms with van der Waals surface area (Å²) in [6, 6.07) is -1.57. The second-order valence-corrected chi connectivity index (χ2v) is 7.11. The summed E-state index contributed by atoms with van der Waals surface area (Å²) in [6.07, 6.45) is -2.17. The monoisotopic (exact) mass is 338 g/mol. The van der Waals surface area contributed by atoms with E-state index in [4.69, 9.17) is 9.94 Å². The summed E-state index contributed by atoms with van der Waals surface area (Å²) in [5.41, 5.74) is -0.967. The molecule has 0 bridgehead atoms. The van der Waals surface area contributed by atoms with Crippen LogP contribution in [0.4, 0.5) is 4.79 Å². The van der Waals surface area contributed by atoms with Crippen molar-refractivity contribution >= 4 is 25.8 Å². The number of hydrogen-bond donors (Lipinski definition) is 2. The Labute approximate surface area is 128 Å². The van der Waals surface area contributed by atoms with Gasteiger partial charge in [0.05, 0.1) is 12.5 Å². The summed E-state index contributed by atoms with van der Waals surface area (Å²) < 4.78 is 15.7. The summed E-state index contributed by atoms with van der Waals surface area (Å²) in [4.78, 5) is 39.7. The molecule has 0 aliphatic carbocycles. The first-order valence-electron chi connectivity index (χ1n) is 6.40. The first-order valence-corrected chi connectivity index (χ1v) is 8.03. The fourth-order valence-electron chi connectivity index (χ4n) is 1.22. The quantitative estimate of drug-likeness (QED) is 0.545. The molecule has 0 saturated carbocycles. The molecule has 0 aliphatic heterocycles. The number of aliphatic hydroxyl groups is 1. The molecule has 2 unspecified atom stereocenters. The standard InChI is InChI=1S/C12H20NO8P/c1-12(2,3)10(17)21-13(11(18)20-4)8(9(15)16)5-6-22(19)7-14/h8,14H,5-7H2,1-4H3/p+1. The molecule has 0 aromatic carbocycles. The third-order valence-corrected chi connectivity index (χ3v) is 3.60. The van der Waals surface area contributed by atoms with Crippen LogP contribution in [-0.2, 0) is 23.7 Å². The molecule has 0 radical (unpaired) electrons. The Kier molecular flexibility index (Phi) is 7.97. The highest BCUT2D eigenvalue weighted by molar-refractivity contribution is 7.44. The molecule has 2 N–H and O–H groups in total. The number of aliphatic hydroxyl groups excluding tert-OH is 1. The molecular weight excluding hydrogens is 317 g/mol. The number of methoxy groups -OCH3 is 1. The minimum Gasteiger partial charge on any atom is -0.480 e. The van der Waals surface area contributed by atoms with Gasteiger partial charge in [0.1, 0.15) is 0 Å². The van der Waals surface area contributed by atoms with Crippen LogP contribution in [0.2, 0.25) is 0 Å². The van der Waals surface area contributed by atoms with Crippen LogP contribution in [0.15, 0.2) is 0 Å². The van der Waals surface area contributed by atoms with E-state index in [0.29, 0.717) is 5.06 Å². The van der Waals surface area contributed by atoms with Crippen LogP contribution in [0.25, 0.3) is 0 Å². The zero-order chi connectivity index (χ0) is 17.5. The highest BCUT2D eigenvalue weighted by atomic mass is 31.1. The van der Waals surface area contributed by atoms with Crippen LogP contribution in [0.1, 0.15) is 27.2 Å². The highest BCUT2D eigenvalue weighted by Crippen LogP contribution is 2.23. The third-order valence-electron chi connectivity index (χ3n) is 2.53. The number of ether oxygens (including phenoxy) is 1. The number of carboxylic acid groups (broad SMARTS) is 1. The van der Waals surface area contributed by atoms with Crippen molar-refractivity contribution < 1.29 is 38.7 Å². The molecule has 1 amide bonds. The molecule has 126 valence electrons. The summed E-state index contributed by atoms with van der Waals surface area (Å²) >= 11 is 0. The normalized spacial score (nSPS) is 13.0. The van der Waals surface area contributed by atoms with Crippen molar-refractivity contribution in [2.75, 3.05) is 19.6 Å². The van der Waals surface area contributed by atoms with Gasteiger partial charge >= 0.3 is 25.8 Å². The Morgan fingerprint density at radius 3 is 2.18 bits per heavy atom. The number of carboxylic acids is 1. The van der Waals surface area contributed by atoms with E-state index in [1.807, 2.05) is 0 Å². The maximum absolute atomic E-state index is 11.9. The molecule has 0 heterocycles. The number of amides is 1. The van der Waals surface area contributed by atoms with Crippen molar-refractivity contribution in [3.05, 3.63) is 0 Å². The Morgan fingerprint density at radius 2 is 1.82 bits per heavy atom. The van der Waals surface area contributed by atoms with Crippen molar-refractivity contribution in [2.24, 2.45) is 5.41 Å². The predicted molar refractivity (Wildman–Crippen MR) is 75.4 cm³/mol. The van der Waals surface area contributed by atoms with Gasteiger partial charge in [0.25, 0.3) is 0 Å². The zero-order valence-electron chi connectivity index (χ0n) is 12.9. The van der Waals surface area contributed by atoms with E-state index in [-0.39, 0.29) is 12.6 Å². The molecule has 0 aliphatic rings. The van der Waals surface area contributed by atoms with Crippen molar-refractivity contribution in [1.29, 1.82) is 0 Å². The Bertz CT molecular complexity index is 445. The maximum atomic E-state index is 11.9. The maximum Gasteiger partial charge on any atom is 0.443 e. The van der Waals surface area contributed by atoms with Gasteiger partial charge in [-0.2, -0.15) is 0 Å². The van der Waals surface area contributed by atoms with E-state index in [1.54, 1.807) is 0 Å². The highest BCUT2D eigenvalue weighted by Gasteiger charge is 2.38. The average molecular weight is 338 g/mol. The summed E-state index contributed by atoms with van der Waals surface area (Å²) in [5, 5.41) is 18.2. The molecule has 0 rings (SSSR count). The van der Waals surface area contributed by atoms with Gasteiger partial charge in [0, 0.05) is 6.42 Å². The largest absolute Gasteiger partial charge is 0.480 e. The van der Waals surface area contributed by atoms with Gasteiger partial charge in [-0.15, -0.1) is 5.06 Å². The molecule has 0 aromatic heterocycles. The van der Waals surface area contributed by atoms with Crippen LogP contribution in [0.3, 0.4) is 0 Å². The number of hydrogen-bond acceptors (Lipinski definition) is 7. The van der Waals surface area contributed by atoms with Crippen molar-refractivity contribution in [3.63, 3.8) is 0 Å². The van der Waals surface area contributed by atoms with Gasteiger partial charge in [0.2, 0.25) is 6.35 Å². The SMILES string of the molecule is COC(=O)N(OC(=O)C(C)(C)C)C(CC[P+](=O)CO)C(=O)O. The number of aliphatic carboxylic acids is 1. The molecular formula is C12H21NO8P+. The molecule has 0 fully saturated rings. The Hall–Kier alpha value is -1.73. The second kappa shape index (κ2) is 8.65. The minimum atomic E-state index is -2.00. The van der Waals surface area contributed by atoms with Crippen molar-refractivity contribution in [1.82, 2.24) is 5.06 Å². The van der Waals surface area contributed by atoms with E-state index in [0.717, 1.165) is 7.11 Å². The van der Waals surface area contributed by atoms with Gasteiger partial charge in [-0.05, 0) is 20.8 Å². The lowest BCUT2D eigenvalue weighted by atomic mass is 9.98. The Morgan fingerprint density at radius 1 is 1.27 bits per heavy atom. The summed E-state index contributed by atoms with van der Waals surface area (Å²) in [6.45, 7) is 4.59. The van der Waals surface area contributed by atoms with E-state index in [2.05, 4.69) is 4.74 Å². The van der Waals surface area contributed by atoms with Gasteiger partial charge in [-0.1, -0.05) is 4.57 Å².